The average Bonchev–Trinajstić information content (AvgIpc) is 2.43. The molecule has 0 amide bonds. The number of hydrogen-bond acceptors (Lipinski definition) is 5. The summed E-state index contributed by atoms with van der Waals surface area (Å²) in [7, 11) is 4.84. The van der Waals surface area contributed by atoms with Crippen molar-refractivity contribution in [3.8, 4) is 11.5 Å². The summed E-state index contributed by atoms with van der Waals surface area (Å²) in [6.07, 6.45) is 0.560. The van der Waals surface area contributed by atoms with E-state index in [1.54, 1.807) is 6.07 Å². The van der Waals surface area contributed by atoms with Crippen molar-refractivity contribution >= 4 is 5.69 Å². The second-order valence-corrected chi connectivity index (χ2v) is 4.94. The summed E-state index contributed by atoms with van der Waals surface area (Å²) in [5, 5.41) is 14.4. The second kappa shape index (κ2) is 7.09. The Morgan fingerprint density at radius 2 is 1.80 bits per heavy atom. The standard InChI is InChI=1S/C14H22N2O4/c1-9(2)11(15-3)6-10-7-13(19-4)14(20-5)8-12(10)16(17)18/h7-9,11,15H,6H2,1-5H3. The molecule has 1 aromatic rings. The van der Waals surface area contributed by atoms with Crippen LogP contribution in [-0.2, 0) is 6.42 Å². The van der Waals surface area contributed by atoms with E-state index in [1.807, 2.05) is 7.05 Å². The van der Waals surface area contributed by atoms with E-state index < -0.39 is 0 Å². The summed E-state index contributed by atoms with van der Waals surface area (Å²) in [5.41, 5.74) is 0.698. The van der Waals surface area contributed by atoms with Crippen molar-refractivity contribution in [2.24, 2.45) is 5.92 Å². The fourth-order valence-corrected chi connectivity index (χ4v) is 2.15. The Morgan fingerprint density at radius 1 is 1.25 bits per heavy atom. The van der Waals surface area contributed by atoms with Crippen molar-refractivity contribution in [3.63, 3.8) is 0 Å². The van der Waals surface area contributed by atoms with E-state index in [1.165, 1.54) is 20.3 Å². The lowest BCUT2D eigenvalue weighted by Gasteiger charge is -2.20. The molecule has 0 aromatic heterocycles. The molecule has 0 aliphatic heterocycles. The van der Waals surface area contributed by atoms with Gasteiger partial charge in [0.05, 0.1) is 25.2 Å². The van der Waals surface area contributed by atoms with Gasteiger partial charge in [0.25, 0.3) is 5.69 Å². The summed E-state index contributed by atoms with van der Waals surface area (Å²) in [6, 6.07) is 3.26. The van der Waals surface area contributed by atoms with Crippen LogP contribution in [0.1, 0.15) is 19.4 Å². The number of nitro benzene ring substituents is 1. The average molecular weight is 282 g/mol. The third-order valence-electron chi connectivity index (χ3n) is 3.40. The number of nitrogens with one attached hydrogen (secondary N) is 1. The van der Waals surface area contributed by atoms with Crippen molar-refractivity contribution in [1.82, 2.24) is 5.32 Å². The number of hydrogen-bond donors (Lipinski definition) is 1. The summed E-state index contributed by atoms with van der Waals surface area (Å²) in [5.74, 6) is 1.24. The van der Waals surface area contributed by atoms with E-state index in [4.69, 9.17) is 9.47 Å². The van der Waals surface area contributed by atoms with Crippen molar-refractivity contribution in [2.75, 3.05) is 21.3 Å². The second-order valence-electron chi connectivity index (χ2n) is 4.94. The fourth-order valence-electron chi connectivity index (χ4n) is 2.15. The number of benzene rings is 1. The maximum absolute atomic E-state index is 11.2. The van der Waals surface area contributed by atoms with Gasteiger partial charge in [-0.15, -0.1) is 0 Å². The minimum atomic E-state index is -0.385. The normalized spacial score (nSPS) is 12.3. The van der Waals surface area contributed by atoms with Crippen molar-refractivity contribution < 1.29 is 14.4 Å². The Morgan fingerprint density at radius 3 is 2.20 bits per heavy atom. The van der Waals surface area contributed by atoms with E-state index in [9.17, 15) is 10.1 Å². The fraction of sp³-hybridized carbons (Fsp3) is 0.571. The van der Waals surface area contributed by atoms with Crippen LogP contribution in [0.25, 0.3) is 0 Å². The first-order chi connectivity index (χ1) is 9.44. The molecule has 1 aromatic carbocycles. The van der Waals surface area contributed by atoms with Gasteiger partial charge in [-0.25, -0.2) is 0 Å². The van der Waals surface area contributed by atoms with Crippen molar-refractivity contribution in [3.05, 3.63) is 27.8 Å². The molecule has 1 N–H and O–H groups in total. The Kier molecular flexibility index (Phi) is 5.76. The smallest absolute Gasteiger partial charge is 0.276 e. The van der Waals surface area contributed by atoms with E-state index >= 15 is 0 Å². The zero-order valence-corrected chi connectivity index (χ0v) is 12.6. The molecule has 0 radical (unpaired) electrons. The van der Waals surface area contributed by atoms with E-state index in [0.29, 0.717) is 29.4 Å². The lowest BCUT2D eigenvalue weighted by atomic mass is 9.95. The molecular formula is C14H22N2O4. The monoisotopic (exact) mass is 282 g/mol. The molecule has 0 aliphatic rings. The van der Waals surface area contributed by atoms with Gasteiger partial charge in [-0.3, -0.25) is 10.1 Å². The van der Waals surface area contributed by atoms with Crippen LogP contribution in [-0.4, -0.2) is 32.2 Å². The van der Waals surface area contributed by atoms with Crippen LogP contribution < -0.4 is 14.8 Å². The lowest BCUT2D eigenvalue weighted by molar-refractivity contribution is -0.385. The van der Waals surface area contributed by atoms with Gasteiger partial charge in [0.1, 0.15) is 0 Å². The largest absolute Gasteiger partial charge is 0.493 e. The SMILES string of the molecule is CNC(Cc1cc(OC)c(OC)cc1[N+](=O)[O-])C(C)C. The third kappa shape index (κ3) is 3.60. The molecule has 1 rings (SSSR count). The quantitative estimate of drug-likeness (QED) is 0.614. The van der Waals surface area contributed by atoms with Crippen LogP contribution in [0.2, 0.25) is 0 Å². The summed E-state index contributed by atoms with van der Waals surface area (Å²) < 4.78 is 10.3. The van der Waals surface area contributed by atoms with Crippen molar-refractivity contribution in [1.29, 1.82) is 0 Å². The van der Waals surface area contributed by atoms with E-state index in [-0.39, 0.29) is 16.7 Å². The van der Waals surface area contributed by atoms with Gasteiger partial charge in [-0.1, -0.05) is 13.8 Å². The Balaban J connectivity index is 3.25. The highest BCUT2D eigenvalue weighted by molar-refractivity contribution is 5.54. The number of nitro groups is 1. The molecule has 0 saturated heterocycles. The number of methoxy groups -OCH3 is 2. The highest BCUT2D eigenvalue weighted by Crippen LogP contribution is 2.35. The van der Waals surface area contributed by atoms with Crippen molar-refractivity contribution in [2.45, 2.75) is 26.3 Å². The van der Waals surface area contributed by atoms with Crippen LogP contribution in [0.15, 0.2) is 12.1 Å². The predicted octanol–water partition coefficient (Wildman–Crippen LogP) is 2.40. The highest BCUT2D eigenvalue weighted by atomic mass is 16.6. The van der Waals surface area contributed by atoms with Crippen LogP contribution >= 0.6 is 0 Å². The van der Waals surface area contributed by atoms with Crippen LogP contribution in [0.3, 0.4) is 0 Å². The van der Waals surface area contributed by atoms with Gasteiger partial charge in [0.2, 0.25) is 0 Å². The van der Waals surface area contributed by atoms with Gasteiger partial charge in [-0.2, -0.15) is 0 Å². The van der Waals surface area contributed by atoms with Gasteiger partial charge in [0, 0.05) is 11.6 Å². The van der Waals surface area contributed by atoms with E-state index in [0.717, 1.165) is 0 Å². The Bertz CT molecular complexity index is 474. The number of ether oxygens (including phenoxy) is 2. The lowest BCUT2D eigenvalue weighted by Crippen LogP contribution is -2.32. The Hall–Kier alpha value is -1.82. The molecule has 0 bridgehead atoms. The molecule has 1 atom stereocenters. The molecule has 112 valence electrons. The van der Waals surface area contributed by atoms with E-state index in [2.05, 4.69) is 19.2 Å². The molecule has 0 spiro atoms. The van der Waals surface area contributed by atoms with Gasteiger partial charge < -0.3 is 14.8 Å². The summed E-state index contributed by atoms with van der Waals surface area (Å²) >= 11 is 0. The maximum Gasteiger partial charge on any atom is 0.276 e. The van der Waals surface area contributed by atoms with Gasteiger partial charge in [-0.05, 0) is 25.5 Å². The summed E-state index contributed by atoms with van der Waals surface area (Å²) in [4.78, 5) is 10.8. The molecular weight excluding hydrogens is 260 g/mol. The first-order valence-corrected chi connectivity index (χ1v) is 6.51. The topological polar surface area (TPSA) is 73.6 Å². The molecule has 0 heterocycles. The number of nitrogens with zero attached hydrogens (tertiary/aromatic N) is 1. The van der Waals surface area contributed by atoms with Crippen LogP contribution in [0.5, 0.6) is 11.5 Å². The molecule has 1 unspecified atom stereocenters. The zero-order valence-electron chi connectivity index (χ0n) is 12.6. The first kappa shape index (κ1) is 16.2. The predicted molar refractivity (Wildman–Crippen MR) is 77.6 cm³/mol. The van der Waals surface area contributed by atoms with Crippen LogP contribution in [0, 0.1) is 16.0 Å². The molecule has 0 fully saturated rings. The summed E-state index contributed by atoms with van der Waals surface area (Å²) in [6.45, 7) is 4.15. The Labute approximate surface area is 119 Å². The molecule has 0 aliphatic carbocycles. The molecule has 6 heteroatoms. The number of rotatable bonds is 7. The first-order valence-electron chi connectivity index (χ1n) is 6.51. The molecule has 20 heavy (non-hydrogen) atoms. The van der Waals surface area contributed by atoms with Gasteiger partial charge >= 0.3 is 0 Å². The minimum Gasteiger partial charge on any atom is -0.493 e. The van der Waals surface area contributed by atoms with Gasteiger partial charge in [0.15, 0.2) is 11.5 Å². The minimum absolute atomic E-state index is 0.0588. The highest BCUT2D eigenvalue weighted by Gasteiger charge is 2.22. The maximum atomic E-state index is 11.2. The molecule has 0 saturated carbocycles. The van der Waals surface area contributed by atoms with Crippen LogP contribution in [0.4, 0.5) is 5.69 Å². The zero-order chi connectivity index (χ0) is 15.3. The number of likely N-dealkylation sites (N-methyl/N-ethyl adjacent to an activating group) is 1. The third-order valence-corrected chi connectivity index (χ3v) is 3.40. The molecule has 6 nitrogen and oxygen atoms in total.